The highest BCUT2D eigenvalue weighted by atomic mass is 79.9. The van der Waals surface area contributed by atoms with Gasteiger partial charge in [-0.15, -0.1) is 0 Å². The topological polar surface area (TPSA) is 49.8 Å². The number of ether oxygens (including phenoxy) is 1. The lowest BCUT2D eigenvalue weighted by atomic mass is 9.93. The molecule has 0 aromatic heterocycles. The molecule has 1 amide bonds. The molecular formula is C15H20BrNO3. The minimum atomic E-state index is -0.827. The normalized spacial score (nSPS) is 17.8. The SMILES string of the molecule is Cc1cc(Br)ccc1C(=O)N(C)CC1(O)CCOCC1. The van der Waals surface area contributed by atoms with E-state index < -0.39 is 5.60 Å². The first kappa shape index (κ1) is 15.5. The molecule has 1 saturated heterocycles. The van der Waals surface area contributed by atoms with Gasteiger partial charge < -0.3 is 14.7 Å². The monoisotopic (exact) mass is 341 g/mol. The van der Waals surface area contributed by atoms with Crippen LogP contribution in [0.5, 0.6) is 0 Å². The molecule has 0 unspecified atom stereocenters. The van der Waals surface area contributed by atoms with Crippen molar-refractivity contribution in [3.8, 4) is 0 Å². The number of aliphatic hydroxyl groups is 1. The van der Waals surface area contributed by atoms with Crippen LogP contribution in [0.3, 0.4) is 0 Å². The number of rotatable bonds is 3. The van der Waals surface area contributed by atoms with E-state index in [1.165, 1.54) is 0 Å². The quantitative estimate of drug-likeness (QED) is 0.918. The molecular weight excluding hydrogens is 322 g/mol. The molecule has 1 fully saturated rings. The first-order valence-electron chi connectivity index (χ1n) is 6.73. The van der Waals surface area contributed by atoms with Crippen LogP contribution >= 0.6 is 15.9 Å². The molecule has 0 saturated carbocycles. The Morgan fingerprint density at radius 3 is 2.70 bits per heavy atom. The van der Waals surface area contributed by atoms with Crippen molar-refractivity contribution >= 4 is 21.8 Å². The standard InChI is InChI=1S/C15H20BrNO3/c1-11-9-12(16)3-4-13(11)14(18)17(2)10-15(19)5-7-20-8-6-15/h3-4,9,19H,5-8,10H2,1-2H3. The number of carbonyl (C=O) groups is 1. The molecule has 1 aliphatic rings. The highest BCUT2D eigenvalue weighted by Gasteiger charge is 2.32. The van der Waals surface area contributed by atoms with Crippen LogP contribution in [-0.2, 0) is 4.74 Å². The number of likely N-dealkylation sites (N-methyl/N-ethyl adjacent to an activating group) is 1. The number of benzene rings is 1. The van der Waals surface area contributed by atoms with Crippen LogP contribution in [0.1, 0.15) is 28.8 Å². The third-order valence-corrected chi connectivity index (χ3v) is 4.21. The summed E-state index contributed by atoms with van der Waals surface area (Å²) >= 11 is 3.39. The first-order valence-corrected chi connectivity index (χ1v) is 7.52. The third kappa shape index (κ3) is 3.59. The molecule has 1 N–H and O–H groups in total. The Kier molecular flexibility index (Phi) is 4.83. The van der Waals surface area contributed by atoms with Gasteiger partial charge in [0.15, 0.2) is 0 Å². The smallest absolute Gasteiger partial charge is 0.253 e. The lowest BCUT2D eigenvalue weighted by molar-refractivity contribution is -0.0734. The third-order valence-electron chi connectivity index (χ3n) is 3.72. The average molecular weight is 342 g/mol. The van der Waals surface area contributed by atoms with Gasteiger partial charge >= 0.3 is 0 Å². The van der Waals surface area contributed by atoms with Gasteiger partial charge in [0, 0.05) is 49.7 Å². The second kappa shape index (κ2) is 6.24. The van der Waals surface area contributed by atoms with E-state index in [9.17, 15) is 9.90 Å². The van der Waals surface area contributed by atoms with Crippen LogP contribution < -0.4 is 0 Å². The Balaban J connectivity index is 2.08. The van der Waals surface area contributed by atoms with E-state index in [2.05, 4.69) is 15.9 Å². The Hall–Kier alpha value is -0.910. The number of amides is 1. The molecule has 110 valence electrons. The predicted octanol–water partition coefficient (Wildman–Crippen LogP) is 2.37. The number of aryl methyl sites for hydroxylation is 1. The fourth-order valence-corrected chi connectivity index (χ4v) is 2.97. The molecule has 4 nitrogen and oxygen atoms in total. The zero-order chi connectivity index (χ0) is 14.8. The second-order valence-corrected chi connectivity index (χ2v) is 6.37. The van der Waals surface area contributed by atoms with Crippen molar-refractivity contribution in [3.63, 3.8) is 0 Å². The van der Waals surface area contributed by atoms with Crippen molar-refractivity contribution in [2.45, 2.75) is 25.4 Å². The van der Waals surface area contributed by atoms with Crippen molar-refractivity contribution in [3.05, 3.63) is 33.8 Å². The van der Waals surface area contributed by atoms with Crippen molar-refractivity contribution in [1.29, 1.82) is 0 Å². The van der Waals surface area contributed by atoms with Crippen molar-refractivity contribution < 1.29 is 14.6 Å². The summed E-state index contributed by atoms with van der Waals surface area (Å²) in [5.41, 5.74) is 0.771. The van der Waals surface area contributed by atoms with Crippen LogP contribution in [0.25, 0.3) is 0 Å². The van der Waals surface area contributed by atoms with Crippen LogP contribution in [-0.4, -0.2) is 48.3 Å². The van der Waals surface area contributed by atoms with E-state index in [1.807, 2.05) is 25.1 Å². The molecule has 1 aromatic rings. The maximum Gasteiger partial charge on any atom is 0.253 e. The molecule has 5 heteroatoms. The number of halogens is 1. The molecule has 1 aromatic carbocycles. The Morgan fingerprint density at radius 1 is 1.45 bits per heavy atom. The molecule has 0 bridgehead atoms. The number of carbonyl (C=O) groups excluding carboxylic acids is 1. The number of nitrogens with zero attached hydrogens (tertiary/aromatic N) is 1. The summed E-state index contributed by atoms with van der Waals surface area (Å²) in [5.74, 6) is -0.0603. The Bertz CT molecular complexity index is 498. The molecule has 1 heterocycles. The van der Waals surface area contributed by atoms with Gasteiger partial charge in [-0.05, 0) is 30.7 Å². The lowest BCUT2D eigenvalue weighted by Gasteiger charge is -2.35. The summed E-state index contributed by atoms with van der Waals surface area (Å²) < 4.78 is 6.21. The van der Waals surface area contributed by atoms with Gasteiger partial charge in [-0.1, -0.05) is 15.9 Å². The number of hydrogen-bond donors (Lipinski definition) is 1. The van der Waals surface area contributed by atoms with Gasteiger partial charge in [0.25, 0.3) is 5.91 Å². The van der Waals surface area contributed by atoms with Gasteiger partial charge in [0.05, 0.1) is 5.60 Å². The minimum absolute atomic E-state index is 0.0603. The summed E-state index contributed by atoms with van der Waals surface area (Å²) in [6, 6.07) is 5.59. The van der Waals surface area contributed by atoms with Crippen LogP contribution in [0, 0.1) is 6.92 Å². The maximum absolute atomic E-state index is 12.5. The van der Waals surface area contributed by atoms with Gasteiger partial charge in [0.2, 0.25) is 0 Å². The van der Waals surface area contributed by atoms with Crippen LogP contribution in [0.4, 0.5) is 0 Å². The van der Waals surface area contributed by atoms with Crippen molar-refractivity contribution in [2.75, 3.05) is 26.8 Å². The van der Waals surface area contributed by atoms with Crippen molar-refractivity contribution in [1.82, 2.24) is 4.90 Å². The van der Waals surface area contributed by atoms with Gasteiger partial charge in [0.1, 0.15) is 0 Å². The van der Waals surface area contributed by atoms with Crippen molar-refractivity contribution in [2.24, 2.45) is 0 Å². The molecule has 0 radical (unpaired) electrons. The second-order valence-electron chi connectivity index (χ2n) is 5.46. The Labute approximate surface area is 127 Å². The largest absolute Gasteiger partial charge is 0.388 e. The maximum atomic E-state index is 12.5. The van der Waals surface area contributed by atoms with E-state index in [4.69, 9.17) is 4.74 Å². The molecule has 1 aliphatic heterocycles. The molecule has 0 spiro atoms. The van der Waals surface area contributed by atoms with Gasteiger partial charge in [-0.2, -0.15) is 0 Å². The summed E-state index contributed by atoms with van der Waals surface area (Å²) in [5, 5.41) is 10.5. The summed E-state index contributed by atoms with van der Waals surface area (Å²) in [7, 11) is 1.73. The van der Waals surface area contributed by atoms with Gasteiger partial charge in [-0.3, -0.25) is 4.79 Å². The fourth-order valence-electron chi connectivity index (χ4n) is 2.50. The molecule has 0 aliphatic carbocycles. The highest BCUT2D eigenvalue weighted by molar-refractivity contribution is 9.10. The van der Waals surface area contributed by atoms with Gasteiger partial charge in [-0.25, -0.2) is 0 Å². The molecule has 20 heavy (non-hydrogen) atoms. The summed E-state index contributed by atoms with van der Waals surface area (Å²) in [6.07, 6.45) is 1.15. The zero-order valence-electron chi connectivity index (χ0n) is 11.9. The van der Waals surface area contributed by atoms with E-state index in [0.29, 0.717) is 38.2 Å². The van der Waals surface area contributed by atoms with E-state index in [0.717, 1.165) is 10.0 Å². The average Bonchev–Trinajstić information content (AvgIpc) is 2.38. The molecule has 2 rings (SSSR count). The van der Waals surface area contributed by atoms with E-state index in [1.54, 1.807) is 11.9 Å². The predicted molar refractivity (Wildman–Crippen MR) is 80.8 cm³/mol. The van der Waals surface area contributed by atoms with Crippen LogP contribution in [0.15, 0.2) is 22.7 Å². The van der Waals surface area contributed by atoms with E-state index in [-0.39, 0.29) is 5.91 Å². The molecule has 0 atom stereocenters. The summed E-state index contributed by atoms with van der Waals surface area (Å²) in [4.78, 5) is 14.1. The lowest BCUT2D eigenvalue weighted by Crippen LogP contribution is -2.47. The highest BCUT2D eigenvalue weighted by Crippen LogP contribution is 2.23. The zero-order valence-corrected chi connectivity index (χ0v) is 13.4. The van der Waals surface area contributed by atoms with Crippen LogP contribution in [0.2, 0.25) is 0 Å². The summed E-state index contributed by atoms with van der Waals surface area (Å²) in [6.45, 7) is 3.35. The minimum Gasteiger partial charge on any atom is -0.388 e. The number of hydrogen-bond acceptors (Lipinski definition) is 3. The Morgan fingerprint density at radius 2 is 2.10 bits per heavy atom. The first-order chi connectivity index (χ1) is 9.41. The van der Waals surface area contributed by atoms with E-state index >= 15 is 0 Å². The fraction of sp³-hybridized carbons (Fsp3) is 0.533.